The van der Waals surface area contributed by atoms with E-state index in [4.69, 9.17) is 4.74 Å². The average Bonchev–Trinajstić information content (AvgIpc) is 1.82. The molecule has 0 aromatic rings. The van der Waals surface area contributed by atoms with Crippen LogP contribution in [0.2, 0.25) is 0 Å². The lowest BCUT2D eigenvalue weighted by Gasteiger charge is -2.24. The first-order valence-electron chi connectivity index (χ1n) is 3.74. The summed E-state index contributed by atoms with van der Waals surface area (Å²) in [7, 11) is 0. The summed E-state index contributed by atoms with van der Waals surface area (Å²) >= 11 is 0. The Morgan fingerprint density at radius 3 is 2.09 bits per heavy atom. The van der Waals surface area contributed by atoms with E-state index >= 15 is 0 Å². The van der Waals surface area contributed by atoms with Gasteiger partial charge in [0.25, 0.3) is 0 Å². The Bertz CT molecular complexity index is 109. The Morgan fingerprint density at radius 2 is 1.82 bits per heavy atom. The lowest BCUT2D eigenvalue weighted by molar-refractivity contribution is -0.148. The van der Waals surface area contributed by atoms with E-state index in [0.717, 1.165) is 0 Å². The van der Waals surface area contributed by atoms with Crippen LogP contribution in [0.5, 0.6) is 0 Å². The van der Waals surface area contributed by atoms with E-state index in [9.17, 15) is 8.78 Å². The Hall–Kier alpha value is -0.180. The van der Waals surface area contributed by atoms with Gasteiger partial charge in [-0.05, 0) is 20.8 Å². The van der Waals surface area contributed by atoms with E-state index in [1.807, 2.05) is 0 Å². The van der Waals surface area contributed by atoms with Crippen molar-refractivity contribution in [3.8, 4) is 0 Å². The molecule has 0 amide bonds. The zero-order valence-corrected chi connectivity index (χ0v) is 7.53. The molecule has 0 aromatic heterocycles. The molecule has 0 rings (SSSR count). The second kappa shape index (κ2) is 4.00. The quantitative estimate of drug-likeness (QED) is 0.626. The second-order valence-corrected chi connectivity index (χ2v) is 3.71. The van der Waals surface area contributed by atoms with Crippen molar-refractivity contribution >= 4 is 0 Å². The van der Waals surface area contributed by atoms with Crippen LogP contribution in [0.15, 0.2) is 0 Å². The van der Waals surface area contributed by atoms with Gasteiger partial charge in [-0.15, -0.1) is 0 Å². The second-order valence-electron chi connectivity index (χ2n) is 3.71. The van der Waals surface area contributed by atoms with Gasteiger partial charge in [0.05, 0.1) is 12.3 Å². The summed E-state index contributed by atoms with van der Waals surface area (Å²) in [6, 6.07) is 0. The maximum atomic E-state index is 12.8. The molecule has 0 saturated heterocycles. The summed E-state index contributed by atoms with van der Waals surface area (Å²) in [4.78, 5) is 0. The van der Waals surface area contributed by atoms with E-state index in [0.29, 0.717) is 0 Å². The first kappa shape index (κ1) is 10.8. The van der Waals surface area contributed by atoms with Crippen LogP contribution in [0.1, 0.15) is 27.7 Å². The minimum absolute atomic E-state index is 0.539. The van der Waals surface area contributed by atoms with Crippen LogP contribution >= 0.6 is 0 Å². The molecule has 0 spiro atoms. The normalized spacial score (nSPS) is 18.0. The average molecular weight is 166 g/mol. The molecule has 3 heteroatoms. The highest BCUT2D eigenvalue weighted by Crippen LogP contribution is 2.17. The first-order chi connectivity index (χ1) is 4.87. The molecule has 2 atom stereocenters. The number of hydrogen-bond acceptors (Lipinski definition) is 1. The number of hydrogen-bond donors (Lipinski definition) is 0. The molecule has 0 aromatic carbocycles. The number of alkyl halides is 2. The summed E-state index contributed by atoms with van der Waals surface area (Å²) < 4.78 is 29.6. The Balaban J connectivity index is 3.77. The molecule has 0 aliphatic carbocycles. The molecule has 68 valence electrons. The van der Waals surface area contributed by atoms with Crippen LogP contribution in [-0.4, -0.2) is 18.6 Å². The molecule has 0 aliphatic rings. The highest BCUT2D eigenvalue weighted by molar-refractivity contribution is 4.63. The molecule has 11 heavy (non-hydrogen) atoms. The Labute approximate surface area is 66.7 Å². The monoisotopic (exact) mass is 166 g/mol. The fourth-order valence-electron chi connectivity index (χ4n) is 0.524. The van der Waals surface area contributed by atoms with Gasteiger partial charge in [-0.1, -0.05) is 6.92 Å². The third-order valence-electron chi connectivity index (χ3n) is 1.16. The van der Waals surface area contributed by atoms with E-state index < -0.39 is 24.6 Å². The minimum atomic E-state index is -1.50. The van der Waals surface area contributed by atoms with Gasteiger partial charge in [-0.3, -0.25) is 4.39 Å². The fraction of sp³-hybridized carbons (Fsp3) is 1.00. The van der Waals surface area contributed by atoms with Crippen LogP contribution < -0.4 is 0 Å². The Morgan fingerprint density at radius 1 is 1.36 bits per heavy atom. The lowest BCUT2D eigenvalue weighted by Crippen LogP contribution is -2.29. The van der Waals surface area contributed by atoms with Gasteiger partial charge >= 0.3 is 0 Å². The highest BCUT2D eigenvalue weighted by atomic mass is 19.2. The van der Waals surface area contributed by atoms with Crippen molar-refractivity contribution in [1.82, 2.24) is 0 Å². The van der Waals surface area contributed by atoms with Crippen LogP contribution in [0.25, 0.3) is 0 Å². The van der Waals surface area contributed by atoms with Gasteiger partial charge in [-0.25, -0.2) is 4.39 Å². The maximum absolute atomic E-state index is 12.8. The van der Waals surface area contributed by atoms with E-state index in [1.54, 1.807) is 20.8 Å². The third kappa shape index (κ3) is 5.13. The SMILES string of the molecule is CC(CF)C(F)OC(C)(C)C. The molecule has 1 nitrogen and oxygen atoms in total. The van der Waals surface area contributed by atoms with E-state index in [1.165, 1.54) is 6.92 Å². The first-order valence-corrected chi connectivity index (χ1v) is 3.74. The zero-order chi connectivity index (χ0) is 9.07. The van der Waals surface area contributed by atoms with Gasteiger partial charge in [0.1, 0.15) is 0 Å². The number of halogens is 2. The van der Waals surface area contributed by atoms with Crippen molar-refractivity contribution in [3.63, 3.8) is 0 Å². The van der Waals surface area contributed by atoms with E-state index in [2.05, 4.69) is 0 Å². The number of rotatable bonds is 3. The molecule has 0 bridgehead atoms. The standard InChI is InChI=1S/C8H16F2O/c1-6(5-9)7(10)11-8(2,3)4/h6-7H,5H2,1-4H3. The van der Waals surface area contributed by atoms with Gasteiger partial charge in [0, 0.05) is 5.92 Å². The predicted molar refractivity (Wildman–Crippen MR) is 40.9 cm³/mol. The molecule has 2 unspecified atom stereocenters. The van der Waals surface area contributed by atoms with Crippen molar-refractivity contribution in [3.05, 3.63) is 0 Å². The highest BCUT2D eigenvalue weighted by Gasteiger charge is 2.23. The van der Waals surface area contributed by atoms with Crippen LogP contribution in [-0.2, 0) is 4.74 Å². The summed E-state index contributed by atoms with van der Waals surface area (Å²) in [6.45, 7) is 6.02. The summed E-state index contributed by atoms with van der Waals surface area (Å²) in [5.74, 6) is -0.672. The molecule has 0 fully saturated rings. The van der Waals surface area contributed by atoms with Crippen molar-refractivity contribution < 1.29 is 13.5 Å². The molecule has 0 heterocycles. The molecular formula is C8H16F2O. The molecule has 0 aliphatic heterocycles. The summed E-state index contributed by atoms with van der Waals surface area (Å²) in [5.41, 5.74) is -0.539. The topological polar surface area (TPSA) is 9.23 Å². The van der Waals surface area contributed by atoms with Crippen LogP contribution in [0, 0.1) is 5.92 Å². The maximum Gasteiger partial charge on any atom is 0.204 e. The molecule has 0 radical (unpaired) electrons. The summed E-state index contributed by atoms with van der Waals surface area (Å²) in [6.07, 6.45) is -1.50. The minimum Gasteiger partial charge on any atom is -0.342 e. The predicted octanol–water partition coefficient (Wildman–Crippen LogP) is 2.70. The lowest BCUT2D eigenvalue weighted by atomic mass is 10.1. The molecular weight excluding hydrogens is 150 g/mol. The van der Waals surface area contributed by atoms with Gasteiger partial charge < -0.3 is 4.74 Å². The van der Waals surface area contributed by atoms with Crippen molar-refractivity contribution in [2.75, 3.05) is 6.67 Å². The van der Waals surface area contributed by atoms with Gasteiger partial charge in [-0.2, -0.15) is 0 Å². The third-order valence-corrected chi connectivity index (χ3v) is 1.16. The zero-order valence-electron chi connectivity index (χ0n) is 7.53. The smallest absolute Gasteiger partial charge is 0.204 e. The molecule has 0 N–H and O–H groups in total. The van der Waals surface area contributed by atoms with Gasteiger partial charge in [0.15, 0.2) is 0 Å². The summed E-state index contributed by atoms with van der Waals surface area (Å²) in [5, 5.41) is 0. The number of ether oxygens (including phenoxy) is 1. The van der Waals surface area contributed by atoms with Crippen molar-refractivity contribution in [2.24, 2.45) is 5.92 Å². The fourth-order valence-corrected chi connectivity index (χ4v) is 0.524. The van der Waals surface area contributed by atoms with Crippen molar-refractivity contribution in [2.45, 2.75) is 39.7 Å². The molecule has 0 saturated carbocycles. The Kier molecular flexibility index (Phi) is 3.93. The van der Waals surface area contributed by atoms with Crippen LogP contribution in [0.3, 0.4) is 0 Å². The van der Waals surface area contributed by atoms with Gasteiger partial charge in [0.2, 0.25) is 6.36 Å². The van der Waals surface area contributed by atoms with Crippen molar-refractivity contribution in [1.29, 1.82) is 0 Å². The van der Waals surface area contributed by atoms with Crippen LogP contribution in [0.4, 0.5) is 8.78 Å². The largest absolute Gasteiger partial charge is 0.342 e. The van der Waals surface area contributed by atoms with E-state index in [-0.39, 0.29) is 0 Å².